The molecule has 1 saturated heterocycles. The lowest BCUT2D eigenvalue weighted by Crippen LogP contribution is -2.49. The van der Waals surface area contributed by atoms with Gasteiger partial charge in [-0.25, -0.2) is 9.59 Å². The second-order valence-electron chi connectivity index (χ2n) is 6.58. The van der Waals surface area contributed by atoms with E-state index in [0.29, 0.717) is 35.1 Å². The maximum Gasteiger partial charge on any atom is 0.344 e. The number of ether oxygens (including phenoxy) is 3. The summed E-state index contributed by atoms with van der Waals surface area (Å²) in [5, 5.41) is 3.08. The Morgan fingerprint density at radius 3 is 2.57 bits per heavy atom. The minimum Gasteiger partial charge on any atom is -0.493 e. The Morgan fingerprint density at radius 2 is 1.97 bits per heavy atom. The number of urea groups is 1. The highest BCUT2D eigenvalue weighted by atomic mass is 16.5. The predicted molar refractivity (Wildman–Crippen MR) is 106 cm³/mol. The maximum atomic E-state index is 12.2. The topological polar surface area (TPSA) is 123 Å². The fourth-order valence-corrected chi connectivity index (χ4v) is 2.59. The molecule has 1 aliphatic rings. The van der Waals surface area contributed by atoms with Crippen LogP contribution in [0, 0.1) is 0 Å². The number of rotatable bonds is 9. The molecule has 1 heterocycles. The van der Waals surface area contributed by atoms with E-state index in [4.69, 9.17) is 14.2 Å². The van der Waals surface area contributed by atoms with Crippen molar-refractivity contribution in [3.05, 3.63) is 29.8 Å². The third-order valence-electron chi connectivity index (χ3n) is 4.45. The van der Waals surface area contributed by atoms with Crippen molar-refractivity contribution in [2.45, 2.75) is 32.7 Å². The Labute approximate surface area is 174 Å². The summed E-state index contributed by atoms with van der Waals surface area (Å²) in [6.45, 7) is 4.98. The predicted octanol–water partition coefficient (Wildman–Crippen LogP) is 1.40. The molecule has 0 saturated carbocycles. The Bertz CT molecular complexity index is 868. The lowest BCUT2D eigenvalue weighted by Gasteiger charge is -2.19. The highest BCUT2D eigenvalue weighted by molar-refractivity contribution is 6.07. The zero-order chi connectivity index (χ0) is 22.3. The summed E-state index contributed by atoms with van der Waals surface area (Å²) in [6.07, 6.45) is 2.99. The number of methoxy groups -OCH3 is 1. The number of esters is 1. The van der Waals surface area contributed by atoms with Crippen LogP contribution in [-0.4, -0.2) is 54.7 Å². The first-order valence-corrected chi connectivity index (χ1v) is 9.36. The molecule has 0 unspecified atom stereocenters. The normalized spacial score (nSPS) is 18.3. The van der Waals surface area contributed by atoms with Crippen LogP contribution in [0.25, 0.3) is 6.08 Å². The molecule has 10 nitrogen and oxygen atoms in total. The summed E-state index contributed by atoms with van der Waals surface area (Å²) < 4.78 is 15.5. The molecule has 0 spiro atoms. The van der Waals surface area contributed by atoms with Crippen molar-refractivity contribution in [1.29, 1.82) is 0 Å². The van der Waals surface area contributed by atoms with Crippen molar-refractivity contribution in [3.8, 4) is 11.5 Å². The Hall–Kier alpha value is -3.56. The van der Waals surface area contributed by atoms with Gasteiger partial charge in [-0.2, -0.15) is 5.01 Å². The third-order valence-corrected chi connectivity index (χ3v) is 4.45. The molecular formula is C20H25N3O7. The average molecular weight is 419 g/mol. The summed E-state index contributed by atoms with van der Waals surface area (Å²) in [7, 11) is 1.51. The number of imide groups is 1. The van der Waals surface area contributed by atoms with Gasteiger partial charge >= 0.3 is 12.0 Å². The van der Waals surface area contributed by atoms with Crippen LogP contribution in [0.4, 0.5) is 4.79 Å². The van der Waals surface area contributed by atoms with Crippen molar-refractivity contribution in [3.63, 3.8) is 0 Å². The molecule has 30 heavy (non-hydrogen) atoms. The second kappa shape index (κ2) is 9.77. The van der Waals surface area contributed by atoms with Gasteiger partial charge in [-0.05, 0) is 44.0 Å². The molecule has 1 atom stereocenters. The van der Waals surface area contributed by atoms with E-state index in [0.717, 1.165) is 6.08 Å². The molecule has 10 heteroatoms. The van der Waals surface area contributed by atoms with Crippen LogP contribution in [0.5, 0.6) is 11.5 Å². The fraction of sp³-hybridized carbons (Fsp3) is 0.400. The van der Waals surface area contributed by atoms with Gasteiger partial charge in [0.15, 0.2) is 18.1 Å². The van der Waals surface area contributed by atoms with Crippen LogP contribution in [0.1, 0.15) is 32.8 Å². The van der Waals surface area contributed by atoms with Gasteiger partial charge in [-0.1, -0.05) is 13.0 Å². The smallest absolute Gasteiger partial charge is 0.344 e. The summed E-state index contributed by atoms with van der Waals surface area (Å²) in [5.74, 6) is -1.08. The number of hydrogen-bond donors (Lipinski definition) is 2. The molecular weight excluding hydrogens is 394 g/mol. The molecule has 1 aromatic carbocycles. The molecule has 2 N–H and O–H groups in total. The highest BCUT2D eigenvalue weighted by Gasteiger charge is 2.47. The highest BCUT2D eigenvalue weighted by Crippen LogP contribution is 2.28. The van der Waals surface area contributed by atoms with Crippen LogP contribution in [0.3, 0.4) is 0 Å². The van der Waals surface area contributed by atoms with Crippen molar-refractivity contribution in [2.75, 3.05) is 20.3 Å². The van der Waals surface area contributed by atoms with Gasteiger partial charge in [0.2, 0.25) is 0 Å². The number of carbonyl (C=O) groups excluding carboxylic acids is 4. The van der Waals surface area contributed by atoms with Gasteiger partial charge < -0.3 is 19.5 Å². The quantitative estimate of drug-likeness (QED) is 0.352. The summed E-state index contributed by atoms with van der Waals surface area (Å²) in [6, 6.07) is 4.38. The van der Waals surface area contributed by atoms with E-state index in [1.165, 1.54) is 13.2 Å². The zero-order valence-corrected chi connectivity index (χ0v) is 17.3. The van der Waals surface area contributed by atoms with E-state index in [1.807, 2.05) is 6.92 Å². The molecule has 0 radical (unpaired) electrons. The number of benzene rings is 1. The van der Waals surface area contributed by atoms with Crippen LogP contribution >= 0.6 is 0 Å². The molecule has 0 bridgehead atoms. The van der Waals surface area contributed by atoms with E-state index in [2.05, 4.69) is 10.7 Å². The van der Waals surface area contributed by atoms with Crippen LogP contribution < -0.4 is 20.2 Å². The third kappa shape index (κ3) is 5.28. The molecule has 162 valence electrons. The standard InChI is InChI=1S/C20H25N3O7/c1-5-20(3)18(26)23(19(27)21-20)22-16(24)12-30-17(25)10-8-13-7-9-14(29-6-2)15(11-13)28-4/h7-11H,5-6,12H2,1-4H3,(H,21,27)(H,22,24)/b10-8+/t20-/m0/s1. The van der Waals surface area contributed by atoms with Crippen LogP contribution in [-0.2, 0) is 19.1 Å². The first kappa shape index (κ1) is 22.7. The number of amides is 4. The number of nitrogens with one attached hydrogen (secondary N) is 2. The second-order valence-corrected chi connectivity index (χ2v) is 6.58. The van der Waals surface area contributed by atoms with Crippen molar-refractivity contribution in [2.24, 2.45) is 0 Å². The molecule has 1 fully saturated rings. The monoisotopic (exact) mass is 419 g/mol. The van der Waals surface area contributed by atoms with Crippen molar-refractivity contribution >= 4 is 29.9 Å². The molecule has 2 rings (SSSR count). The first-order valence-electron chi connectivity index (χ1n) is 9.36. The van der Waals surface area contributed by atoms with E-state index in [1.54, 1.807) is 32.0 Å². The first-order chi connectivity index (χ1) is 14.2. The van der Waals surface area contributed by atoms with Crippen LogP contribution in [0.2, 0.25) is 0 Å². The number of hydrazine groups is 1. The van der Waals surface area contributed by atoms with Gasteiger partial charge in [0, 0.05) is 6.08 Å². The van der Waals surface area contributed by atoms with Gasteiger partial charge in [-0.3, -0.25) is 15.0 Å². The number of nitrogens with zero attached hydrogens (tertiary/aromatic N) is 1. The Morgan fingerprint density at radius 1 is 1.23 bits per heavy atom. The van der Waals surface area contributed by atoms with E-state index in [9.17, 15) is 19.2 Å². The summed E-state index contributed by atoms with van der Waals surface area (Å²) in [5.41, 5.74) is 1.71. The van der Waals surface area contributed by atoms with Crippen molar-refractivity contribution < 1.29 is 33.4 Å². The number of hydrogen-bond acceptors (Lipinski definition) is 7. The summed E-state index contributed by atoms with van der Waals surface area (Å²) >= 11 is 0. The average Bonchev–Trinajstić information content (AvgIpc) is 2.95. The van der Waals surface area contributed by atoms with Gasteiger partial charge in [0.25, 0.3) is 11.8 Å². The minimum absolute atomic E-state index is 0.361. The Kier molecular flexibility index (Phi) is 7.40. The van der Waals surface area contributed by atoms with Gasteiger partial charge in [0.05, 0.1) is 13.7 Å². The zero-order valence-electron chi connectivity index (χ0n) is 17.3. The minimum atomic E-state index is -1.08. The van der Waals surface area contributed by atoms with Gasteiger partial charge in [-0.15, -0.1) is 0 Å². The van der Waals surface area contributed by atoms with E-state index in [-0.39, 0.29) is 0 Å². The maximum absolute atomic E-state index is 12.2. The lowest BCUT2D eigenvalue weighted by molar-refractivity contribution is -0.147. The van der Waals surface area contributed by atoms with Gasteiger partial charge in [0.1, 0.15) is 5.54 Å². The lowest BCUT2D eigenvalue weighted by atomic mass is 10.00. The van der Waals surface area contributed by atoms with E-state index < -0.39 is 36.0 Å². The molecule has 1 aromatic rings. The Balaban J connectivity index is 1.88. The molecule has 0 aromatic heterocycles. The SMILES string of the molecule is CCOc1ccc(/C=C/C(=O)OCC(=O)NN2C(=O)N[C@@](C)(CC)C2=O)cc1OC. The van der Waals surface area contributed by atoms with Crippen molar-refractivity contribution in [1.82, 2.24) is 15.8 Å². The van der Waals surface area contributed by atoms with Crippen LogP contribution in [0.15, 0.2) is 24.3 Å². The largest absolute Gasteiger partial charge is 0.493 e. The van der Waals surface area contributed by atoms with E-state index >= 15 is 0 Å². The molecule has 0 aliphatic carbocycles. The molecule has 4 amide bonds. The number of carbonyl (C=O) groups is 4. The fourth-order valence-electron chi connectivity index (χ4n) is 2.59. The summed E-state index contributed by atoms with van der Waals surface area (Å²) in [4.78, 5) is 47.8. The molecule has 1 aliphatic heterocycles.